The SMILES string of the molecule is C[C@@H]([C@H](O)[C@@H](C)C(=O)O)[C@@H](O)CO. The van der Waals surface area contributed by atoms with E-state index in [2.05, 4.69) is 0 Å². The van der Waals surface area contributed by atoms with Gasteiger partial charge in [0.25, 0.3) is 0 Å². The summed E-state index contributed by atoms with van der Waals surface area (Å²) >= 11 is 0. The highest BCUT2D eigenvalue weighted by atomic mass is 16.4. The fourth-order valence-corrected chi connectivity index (χ4v) is 0.995. The van der Waals surface area contributed by atoms with Crippen molar-refractivity contribution in [2.75, 3.05) is 6.61 Å². The average molecular weight is 192 g/mol. The topological polar surface area (TPSA) is 98.0 Å². The molecule has 4 N–H and O–H groups in total. The Kier molecular flexibility index (Phi) is 4.90. The molecule has 0 unspecified atom stereocenters. The van der Waals surface area contributed by atoms with Gasteiger partial charge in [0.1, 0.15) is 0 Å². The van der Waals surface area contributed by atoms with E-state index in [4.69, 9.17) is 15.3 Å². The number of hydrogen-bond acceptors (Lipinski definition) is 4. The van der Waals surface area contributed by atoms with Crippen LogP contribution in [0.4, 0.5) is 0 Å². The van der Waals surface area contributed by atoms with Gasteiger partial charge < -0.3 is 20.4 Å². The summed E-state index contributed by atoms with van der Waals surface area (Å²) in [6, 6.07) is 0. The Morgan fingerprint density at radius 1 is 1.31 bits per heavy atom. The monoisotopic (exact) mass is 192 g/mol. The van der Waals surface area contributed by atoms with E-state index in [1.165, 1.54) is 13.8 Å². The van der Waals surface area contributed by atoms with Gasteiger partial charge in [0.2, 0.25) is 0 Å². The van der Waals surface area contributed by atoms with Gasteiger partial charge in [-0.1, -0.05) is 6.92 Å². The number of aliphatic hydroxyl groups excluding tert-OH is 3. The Labute approximate surface area is 76.6 Å². The smallest absolute Gasteiger partial charge is 0.308 e. The summed E-state index contributed by atoms with van der Waals surface area (Å²) in [5.41, 5.74) is 0. The summed E-state index contributed by atoms with van der Waals surface area (Å²) in [5, 5.41) is 35.6. The van der Waals surface area contributed by atoms with Crippen LogP contribution < -0.4 is 0 Å². The number of hydrogen-bond donors (Lipinski definition) is 4. The third-order valence-electron chi connectivity index (χ3n) is 2.23. The van der Waals surface area contributed by atoms with Crippen molar-refractivity contribution in [3.8, 4) is 0 Å². The molecule has 13 heavy (non-hydrogen) atoms. The fraction of sp³-hybridized carbons (Fsp3) is 0.875. The van der Waals surface area contributed by atoms with Crippen molar-refractivity contribution in [2.45, 2.75) is 26.1 Å². The van der Waals surface area contributed by atoms with Gasteiger partial charge >= 0.3 is 5.97 Å². The van der Waals surface area contributed by atoms with Crippen LogP contribution in [0.3, 0.4) is 0 Å². The second-order valence-electron chi connectivity index (χ2n) is 3.23. The van der Waals surface area contributed by atoms with E-state index in [-0.39, 0.29) is 0 Å². The van der Waals surface area contributed by atoms with Gasteiger partial charge in [0.15, 0.2) is 0 Å². The van der Waals surface area contributed by atoms with Gasteiger partial charge in [0.05, 0.1) is 24.7 Å². The molecule has 0 radical (unpaired) electrons. The Balaban J connectivity index is 4.24. The molecule has 0 rings (SSSR count). The standard InChI is InChI=1S/C8H16O5/c1-4(6(10)3-9)7(11)5(2)8(12)13/h4-7,9-11H,3H2,1-2H3,(H,12,13)/t4-,5-,6+,7+/m1/s1. The van der Waals surface area contributed by atoms with Crippen LogP contribution in [0.2, 0.25) is 0 Å². The molecule has 0 aliphatic carbocycles. The maximum absolute atomic E-state index is 10.5. The predicted octanol–water partition coefficient (Wildman–Crippen LogP) is -0.943. The molecule has 0 amide bonds. The van der Waals surface area contributed by atoms with Crippen LogP contribution in [0, 0.1) is 11.8 Å². The van der Waals surface area contributed by atoms with Crippen molar-refractivity contribution < 1.29 is 25.2 Å². The molecule has 0 saturated carbocycles. The van der Waals surface area contributed by atoms with E-state index in [1.807, 2.05) is 0 Å². The molecule has 5 heteroatoms. The van der Waals surface area contributed by atoms with Crippen molar-refractivity contribution in [2.24, 2.45) is 11.8 Å². The molecule has 5 nitrogen and oxygen atoms in total. The lowest BCUT2D eigenvalue weighted by molar-refractivity contribution is -0.147. The summed E-state index contributed by atoms with van der Waals surface area (Å²) in [6.07, 6.45) is -2.24. The number of carboxylic acids is 1. The largest absolute Gasteiger partial charge is 0.481 e. The molecule has 0 saturated heterocycles. The Hall–Kier alpha value is -0.650. The molecular weight excluding hydrogens is 176 g/mol. The Morgan fingerprint density at radius 2 is 1.77 bits per heavy atom. The van der Waals surface area contributed by atoms with Crippen molar-refractivity contribution >= 4 is 5.97 Å². The van der Waals surface area contributed by atoms with Gasteiger partial charge in [0, 0.05) is 5.92 Å². The van der Waals surface area contributed by atoms with Gasteiger partial charge in [-0.3, -0.25) is 4.79 Å². The normalized spacial score (nSPS) is 20.4. The third-order valence-corrected chi connectivity index (χ3v) is 2.23. The lowest BCUT2D eigenvalue weighted by Gasteiger charge is -2.25. The summed E-state index contributed by atoms with van der Waals surface area (Å²) in [4.78, 5) is 10.5. The molecule has 78 valence electrons. The Morgan fingerprint density at radius 3 is 2.08 bits per heavy atom. The lowest BCUT2D eigenvalue weighted by atomic mass is 9.90. The highest BCUT2D eigenvalue weighted by molar-refractivity contribution is 5.70. The zero-order valence-corrected chi connectivity index (χ0v) is 7.71. The third kappa shape index (κ3) is 3.30. The maximum Gasteiger partial charge on any atom is 0.308 e. The van der Waals surface area contributed by atoms with E-state index >= 15 is 0 Å². The summed E-state index contributed by atoms with van der Waals surface area (Å²) in [6.45, 7) is 2.36. The summed E-state index contributed by atoms with van der Waals surface area (Å²) in [5.74, 6) is -2.73. The van der Waals surface area contributed by atoms with E-state index in [0.29, 0.717) is 0 Å². The van der Waals surface area contributed by atoms with Crippen molar-refractivity contribution in [3.05, 3.63) is 0 Å². The Bertz CT molecular complexity index is 170. The van der Waals surface area contributed by atoms with Gasteiger partial charge in [-0.05, 0) is 6.92 Å². The van der Waals surface area contributed by atoms with Crippen LogP contribution in [0.15, 0.2) is 0 Å². The first-order valence-corrected chi connectivity index (χ1v) is 4.11. The number of carbonyl (C=O) groups is 1. The highest BCUT2D eigenvalue weighted by Gasteiger charge is 2.30. The minimum absolute atomic E-state index is 0.482. The van der Waals surface area contributed by atoms with E-state index in [1.54, 1.807) is 0 Å². The summed E-state index contributed by atoms with van der Waals surface area (Å²) in [7, 11) is 0. The second-order valence-corrected chi connectivity index (χ2v) is 3.23. The molecule has 0 aromatic heterocycles. The van der Waals surface area contributed by atoms with E-state index < -0.39 is 36.6 Å². The molecule has 0 aliphatic rings. The van der Waals surface area contributed by atoms with Crippen LogP contribution in [0.25, 0.3) is 0 Å². The minimum Gasteiger partial charge on any atom is -0.481 e. The summed E-state index contributed by atoms with van der Waals surface area (Å²) < 4.78 is 0. The van der Waals surface area contributed by atoms with Crippen LogP contribution in [-0.4, -0.2) is 45.2 Å². The molecule has 0 fully saturated rings. The van der Waals surface area contributed by atoms with E-state index in [9.17, 15) is 9.90 Å². The first kappa shape index (κ1) is 12.3. The molecule has 0 aromatic carbocycles. The number of aliphatic carboxylic acids is 1. The first-order valence-electron chi connectivity index (χ1n) is 4.11. The number of rotatable bonds is 5. The molecule has 0 heterocycles. The molecule has 0 aromatic rings. The average Bonchev–Trinajstić information content (AvgIpc) is 2.12. The highest BCUT2D eigenvalue weighted by Crippen LogP contribution is 2.16. The van der Waals surface area contributed by atoms with Crippen LogP contribution in [0.1, 0.15) is 13.8 Å². The zero-order chi connectivity index (χ0) is 10.6. The van der Waals surface area contributed by atoms with Gasteiger partial charge in [-0.2, -0.15) is 0 Å². The predicted molar refractivity (Wildman–Crippen MR) is 45.1 cm³/mol. The number of aliphatic hydroxyl groups is 3. The van der Waals surface area contributed by atoms with Crippen LogP contribution in [0.5, 0.6) is 0 Å². The van der Waals surface area contributed by atoms with E-state index in [0.717, 1.165) is 0 Å². The van der Waals surface area contributed by atoms with Crippen molar-refractivity contribution in [3.63, 3.8) is 0 Å². The molecule has 0 spiro atoms. The van der Waals surface area contributed by atoms with Gasteiger partial charge in [-0.15, -0.1) is 0 Å². The van der Waals surface area contributed by atoms with Crippen LogP contribution in [-0.2, 0) is 4.79 Å². The molecule has 0 aliphatic heterocycles. The van der Waals surface area contributed by atoms with Crippen LogP contribution >= 0.6 is 0 Å². The minimum atomic E-state index is -1.15. The molecular formula is C8H16O5. The first-order chi connectivity index (χ1) is 5.91. The lowest BCUT2D eigenvalue weighted by Crippen LogP contribution is -2.38. The van der Waals surface area contributed by atoms with Crippen molar-refractivity contribution in [1.29, 1.82) is 0 Å². The second kappa shape index (κ2) is 5.16. The van der Waals surface area contributed by atoms with Gasteiger partial charge in [-0.25, -0.2) is 0 Å². The fourth-order valence-electron chi connectivity index (χ4n) is 0.995. The molecule has 0 bridgehead atoms. The zero-order valence-electron chi connectivity index (χ0n) is 7.71. The number of carboxylic acid groups (broad SMARTS) is 1. The quantitative estimate of drug-likeness (QED) is 0.450. The molecule has 4 atom stereocenters. The maximum atomic E-state index is 10.5. The van der Waals surface area contributed by atoms with Crippen molar-refractivity contribution in [1.82, 2.24) is 0 Å².